The average Bonchev–Trinajstić information content (AvgIpc) is 3.25. The molecule has 1 aliphatic heterocycles. The first-order chi connectivity index (χ1) is 12.8. The zero-order valence-corrected chi connectivity index (χ0v) is 15.3. The summed E-state index contributed by atoms with van der Waals surface area (Å²) in [5, 5.41) is 7.05. The van der Waals surface area contributed by atoms with E-state index < -0.39 is 11.7 Å². The van der Waals surface area contributed by atoms with Crippen molar-refractivity contribution >= 4 is 5.91 Å². The third-order valence-electron chi connectivity index (χ3n) is 4.95. The lowest BCUT2D eigenvalue weighted by molar-refractivity contribution is -0.137. The van der Waals surface area contributed by atoms with Crippen LogP contribution >= 0.6 is 0 Å². The Morgan fingerprint density at radius 2 is 2.11 bits per heavy atom. The standard InChI is InChI=1S/C18H22F3N5O/c1-3-25-8-4-5-14(25)10-23-17(27)15-11-24-26(12(15)2)16-7-6-13(9-22-16)18(19,20)21/h6-7,9,11,14H,3-5,8,10H2,1-2H3,(H,23,27). The highest BCUT2D eigenvalue weighted by Crippen LogP contribution is 2.28. The van der Waals surface area contributed by atoms with E-state index in [-0.39, 0.29) is 11.7 Å². The lowest BCUT2D eigenvalue weighted by atomic mass is 10.2. The van der Waals surface area contributed by atoms with Gasteiger partial charge in [-0.3, -0.25) is 9.69 Å². The van der Waals surface area contributed by atoms with Gasteiger partial charge in [-0.05, 0) is 45.0 Å². The predicted octanol–water partition coefficient (Wildman–Crippen LogP) is 2.81. The van der Waals surface area contributed by atoms with E-state index in [1.54, 1.807) is 6.92 Å². The van der Waals surface area contributed by atoms with Crippen LogP contribution in [0.4, 0.5) is 13.2 Å². The zero-order valence-electron chi connectivity index (χ0n) is 15.3. The fourth-order valence-electron chi connectivity index (χ4n) is 3.39. The number of likely N-dealkylation sites (tertiary alicyclic amines) is 1. The van der Waals surface area contributed by atoms with Crippen molar-refractivity contribution in [3.63, 3.8) is 0 Å². The predicted molar refractivity (Wildman–Crippen MR) is 93.7 cm³/mol. The second-order valence-electron chi connectivity index (χ2n) is 6.59. The quantitative estimate of drug-likeness (QED) is 0.865. The number of hydrogen-bond acceptors (Lipinski definition) is 4. The molecule has 1 saturated heterocycles. The van der Waals surface area contributed by atoms with E-state index in [1.165, 1.54) is 16.9 Å². The van der Waals surface area contributed by atoms with E-state index >= 15 is 0 Å². The number of pyridine rings is 1. The van der Waals surface area contributed by atoms with Crippen molar-refractivity contribution in [1.29, 1.82) is 0 Å². The van der Waals surface area contributed by atoms with Gasteiger partial charge in [-0.15, -0.1) is 0 Å². The van der Waals surface area contributed by atoms with Gasteiger partial charge in [-0.2, -0.15) is 18.3 Å². The number of hydrogen-bond donors (Lipinski definition) is 1. The van der Waals surface area contributed by atoms with Gasteiger partial charge in [0.25, 0.3) is 5.91 Å². The van der Waals surface area contributed by atoms with Crippen LogP contribution < -0.4 is 5.32 Å². The van der Waals surface area contributed by atoms with E-state index in [0.29, 0.717) is 23.8 Å². The highest BCUT2D eigenvalue weighted by Gasteiger charge is 2.31. The number of aromatic nitrogens is 3. The minimum atomic E-state index is -4.44. The van der Waals surface area contributed by atoms with E-state index in [0.717, 1.165) is 38.2 Å². The Morgan fingerprint density at radius 3 is 2.74 bits per heavy atom. The van der Waals surface area contributed by atoms with Gasteiger partial charge in [0.2, 0.25) is 0 Å². The van der Waals surface area contributed by atoms with Crippen LogP contribution in [0.5, 0.6) is 0 Å². The number of alkyl halides is 3. The largest absolute Gasteiger partial charge is 0.417 e. The third-order valence-corrected chi connectivity index (χ3v) is 4.95. The molecule has 2 aromatic rings. The molecule has 1 atom stereocenters. The van der Waals surface area contributed by atoms with Gasteiger partial charge in [0.05, 0.1) is 23.0 Å². The number of nitrogens with zero attached hydrogens (tertiary/aromatic N) is 4. The number of carbonyl (C=O) groups is 1. The summed E-state index contributed by atoms with van der Waals surface area (Å²) in [6.45, 7) is 6.36. The molecule has 27 heavy (non-hydrogen) atoms. The first-order valence-corrected chi connectivity index (χ1v) is 8.91. The summed E-state index contributed by atoms with van der Waals surface area (Å²) >= 11 is 0. The Balaban J connectivity index is 1.70. The molecule has 1 N–H and O–H groups in total. The number of amides is 1. The first-order valence-electron chi connectivity index (χ1n) is 8.91. The van der Waals surface area contributed by atoms with Crippen LogP contribution in [0, 0.1) is 6.92 Å². The Morgan fingerprint density at radius 1 is 1.33 bits per heavy atom. The van der Waals surface area contributed by atoms with Crippen molar-refractivity contribution in [2.75, 3.05) is 19.6 Å². The summed E-state index contributed by atoms with van der Waals surface area (Å²) in [6, 6.07) is 2.52. The molecule has 3 rings (SSSR count). The van der Waals surface area contributed by atoms with Gasteiger partial charge in [0.1, 0.15) is 0 Å². The van der Waals surface area contributed by atoms with Gasteiger partial charge in [0.15, 0.2) is 5.82 Å². The molecule has 2 aromatic heterocycles. The second-order valence-corrected chi connectivity index (χ2v) is 6.59. The molecule has 0 aliphatic carbocycles. The van der Waals surface area contributed by atoms with Gasteiger partial charge in [0, 0.05) is 18.8 Å². The molecule has 1 aliphatic rings. The van der Waals surface area contributed by atoms with Crippen LogP contribution in [0.2, 0.25) is 0 Å². The molecular formula is C18H22F3N5O. The van der Waals surface area contributed by atoms with Crippen molar-refractivity contribution in [2.45, 2.75) is 38.9 Å². The number of likely N-dealkylation sites (N-methyl/N-ethyl adjacent to an activating group) is 1. The molecule has 1 amide bonds. The van der Waals surface area contributed by atoms with Gasteiger partial charge in [-0.25, -0.2) is 9.67 Å². The van der Waals surface area contributed by atoms with Crippen LogP contribution in [-0.2, 0) is 6.18 Å². The monoisotopic (exact) mass is 381 g/mol. The minimum Gasteiger partial charge on any atom is -0.350 e. The molecule has 6 nitrogen and oxygen atoms in total. The number of nitrogens with one attached hydrogen (secondary N) is 1. The van der Waals surface area contributed by atoms with Crippen molar-refractivity contribution in [1.82, 2.24) is 25.0 Å². The van der Waals surface area contributed by atoms with E-state index in [1.807, 2.05) is 0 Å². The maximum atomic E-state index is 12.7. The van der Waals surface area contributed by atoms with E-state index in [9.17, 15) is 18.0 Å². The molecule has 3 heterocycles. The normalized spacial score (nSPS) is 18.0. The van der Waals surface area contributed by atoms with Crippen molar-refractivity contribution < 1.29 is 18.0 Å². The summed E-state index contributed by atoms with van der Waals surface area (Å²) in [4.78, 5) is 18.7. The number of rotatable bonds is 5. The zero-order chi connectivity index (χ0) is 19.6. The molecule has 0 aromatic carbocycles. The summed E-state index contributed by atoms with van der Waals surface area (Å²) in [5.41, 5.74) is 0.0855. The first kappa shape index (κ1) is 19.3. The molecule has 1 fully saturated rings. The molecule has 0 bridgehead atoms. The average molecular weight is 381 g/mol. The molecule has 0 saturated carbocycles. The third kappa shape index (κ3) is 4.13. The molecule has 146 valence electrons. The Kier molecular flexibility index (Phi) is 5.50. The van der Waals surface area contributed by atoms with Crippen molar-refractivity contribution in [3.8, 4) is 5.82 Å². The van der Waals surface area contributed by atoms with Crippen LogP contribution in [0.15, 0.2) is 24.5 Å². The summed E-state index contributed by atoms with van der Waals surface area (Å²) in [6.07, 6.45) is -0.0823. The molecular weight excluding hydrogens is 359 g/mol. The number of carbonyl (C=O) groups excluding carboxylic acids is 1. The maximum absolute atomic E-state index is 12.7. The highest BCUT2D eigenvalue weighted by molar-refractivity contribution is 5.95. The van der Waals surface area contributed by atoms with Gasteiger partial charge in [-0.1, -0.05) is 6.92 Å². The summed E-state index contributed by atoms with van der Waals surface area (Å²) in [7, 11) is 0. The molecule has 1 unspecified atom stereocenters. The fraction of sp³-hybridized carbons (Fsp3) is 0.500. The SMILES string of the molecule is CCN1CCCC1CNC(=O)c1cnn(-c2ccc(C(F)(F)F)cn2)c1C. The smallest absolute Gasteiger partial charge is 0.350 e. The van der Waals surface area contributed by atoms with Crippen LogP contribution in [-0.4, -0.2) is 51.2 Å². The lowest BCUT2D eigenvalue weighted by Crippen LogP contribution is -2.40. The van der Waals surface area contributed by atoms with E-state index in [2.05, 4.69) is 27.2 Å². The molecule has 9 heteroatoms. The highest BCUT2D eigenvalue weighted by atomic mass is 19.4. The Bertz CT molecular complexity index is 800. The Hall–Kier alpha value is -2.42. The Labute approximate surface area is 155 Å². The van der Waals surface area contributed by atoms with Crippen molar-refractivity contribution in [3.05, 3.63) is 41.3 Å². The van der Waals surface area contributed by atoms with Crippen LogP contribution in [0.1, 0.15) is 41.4 Å². The van der Waals surface area contributed by atoms with Crippen LogP contribution in [0.25, 0.3) is 5.82 Å². The second kappa shape index (κ2) is 7.67. The van der Waals surface area contributed by atoms with Gasteiger partial charge >= 0.3 is 6.18 Å². The number of halogens is 3. The molecule has 0 spiro atoms. The fourth-order valence-corrected chi connectivity index (χ4v) is 3.39. The van der Waals surface area contributed by atoms with Crippen LogP contribution in [0.3, 0.4) is 0 Å². The lowest BCUT2D eigenvalue weighted by Gasteiger charge is -2.22. The topological polar surface area (TPSA) is 63.1 Å². The van der Waals surface area contributed by atoms with Gasteiger partial charge < -0.3 is 5.32 Å². The maximum Gasteiger partial charge on any atom is 0.417 e. The van der Waals surface area contributed by atoms with Crippen molar-refractivity contribution in [2.24, 2.45) is 0 Å². The summed E-state index contributed by atoms with van der Waals surface area (Å²) < 4.78 is 39.3. The summed E-state index contributed by atoms with van der Waals surface area (Å²) in [5.74, 6) is -0.0129. The minimum absolute atomic E-state index is 0.229. The van der Waals surface area contributed by atoms with E-state index in [4.69, 9.17) is 0 Å². The molecule has 0 radical (unpaired) electrons.